The molecule has 1 aromatic heterocycles. The van der Waals surface area contributed by atoms with Crippen molar-refractivity contribution in [3.63, 3.8) is 0 Å². The number of halogens is 4. The Morgan fingerprint density at radius 2 is 1.86 bits per heavy atom. The molecule has 0 saturated carbocycles. The summed E-state index contributed by atoms with van der Waals surface area (Å²) in [4.78, 5) is 18.0. The Hall–Kier alpha value is -3.31. The number of benzene rings is 2. The normalized spacial score (nSPS) is 16.1. The fourth-order valence-corrected chi connectivity index (χ4v) is 5.28. The maximum absolute atomic E-state index is 13.2. The van der Waals surface area contributed by atoms with Crippen LogP contribution in [0.5, 0.6) is 11.6 Å². The Balaban J connectivity index is 1.57. The number of nitrogens with zero attached hydrogens (tertiary/aromatic N) is 2. The van der Waals surface area contributed by atoms with E-state index in [9.17, 15) is 26.4 Å². The maximum atomic E-state index is 13.2. The number of aryl methyl sites for hydroxylation is 1. The van der Waals surface area contributed by atoms with E-state index < -0.39 is 31.7 Å². The highest BCUT2D eigenvalue weighted by atomic mass is 35.5. The number of alkyl halides is 3. The summed E-state index contributed by atoms with van der Waals surface area (Å²) in [6.07, 6.45) is -1.47. The van der Waals surface area contributed by atoms with E-state index in [1.165, 1.54) is 12.3 Å². The summed E-state index contributed by atoms with van der Waals surface area (Å²) in [5, 5.41) is -0.617. The number of ether oxygens (including phenoxy) is 1. The first-order valence-corrected chi connectivity index (χ1v) is 13.2. The van der Waals surface area contributed by atoms with Gasteiger partial charge in [-0.25, -0.2) is 13.4 Å². The van der Waals surface area contributed by atoms with Gasteiger partial charge >= 0.3 is 6.18 Å². The summed E-state index contributed by atoms with van der Waals surface area (Å²) in [5.41, 5.74) is -0.275. The van der Waals surface area contributed by atoms with E-state index >= 15 is 0 Å². The Labute approximate surface area is 217 Å². The molecule has 1 saturated heterocycles. The number of aromatic nitrogens is 1. The van der Waals surface area contributed by atoms with Crippen LogP contribution in [0.2, 0.25) is 5.02 Å². The largest absolute Gasteiger partial charge is 0.437 e. The average molecular weight is 554 g/mol. The Kier molecular flexibility index (Phi) is 7.38. The van der Waals surface area contributed by atoms with Crippen LogP contribution in [-0.4, -0.2) is 36.8 Å². The number of carbonyl (C=O) groups is 1. The van der Waals surface area contributed by atoms with Gasteiger partial charge in [-0.1, -0.05) is 11.6 Å². The highest BCUT2D eigenvalue weighted by molar-refractivity contribution is 7.92. The second-order valence-electron chi connectivity index (χ2n) is 8.73. The van der Waals surface area contributed by atoms with E-state index in [2.05, 4.69) is 9.71 Å². The summed E-state index contributed by atoms with van der Waals surface area (Å²) in [6, 6.07) is 10.2. The molecule has 1 fully saturated rings. The lowest BCUT2D eigenvalue weighted by molar-refractivity contribution is -0.137. The number of pyridine rings is 1. The van der Waals surface area contributed by atoms with Gasteiger partial charge in [-0.05, 0) is 80.8 Å². The molecule has 1 atom stereocenters. The highest BCUT2D eigenvalue weighted by Crippen LogP contribution is 2.37. The number of amides is 1. The molecule has 4 rings (SSSR count). The molecule has 0 unspecified atom stereocenters. The van der Waals surface area contributed by atoms with Crippen molar-refractivity contribution < 1.29 is 31.1 Å². The van der Waals surface area contributed by atoms with Crippen LogP contribution >= 0.6 is 11.6 Å². The maximum Gasteiger partial charge on any atom is 0.417 e. The lowest BCUT2D eigenvalue weighted by Gasteiger charge is -2.21. The molecular weight excluding hydrogens is 531 g/mol. The van der Waals surface area contributed by atoms with Gasteiger partial charge in [0.25, 0.3) is 15.9 Å². The van der Waals surface area contributed by atoms with E-state index in [1.807, 2.05) is 11.8 Å². The van der Waals surface area contributed by atoms with Crippen LogP contribution in [0.4, 0.5) is 18.9 Å². The van der Waals surface area contributed by atoms with Gasteiger partial charge < -0.3 is 9.64 Å². The van der Waals surface area contributed by atoms with E-state index in [0.717, 1.165) is 25.0 Å². The van der Waals surface area contributed by atoms with E-state index in [-0.39, 0.29) is 29.3 Å². The number of hydrogen-bond donors (Lipinski definition) is 1. The van der Waals surface area contributed by atoms with Gasteiger partial charge in [-0.15, -0.1) is 0 Å². The van der Waals surface area contributed by atoms with E-state index in [0.29, 0.717) is 23.7 Å². The molecule has 0 bridgehead atoms. The average Bonchev–Trinajstić information content (AvgIpc) is 3.26. The molecule has 1 N–H and O–H groups in total. The molecule has 37 heavy (non-hydrogen) atoms. The quantitative estimate of drug-likeness (QED) is 0.388. The fourth-order valence-electron chi connectivity index (χ4n) is 3.98. The smallest absolute Gasteiger partial charge is 0.417 e. The predicted octanol–water partition coefficient (Wildman–Crippen LogP) is 6.28. The van der Waals surface area contributed by atoms with Crippen LogP contribution < -0.4 is 9.46 Å². The second-order valence-corrected chi connectivity index (χ2v) is 10.8. The number of anilines is 1. The molecule has 0 aliphatic carbocycles. The monoisotopic (exact) mass is 553 g/mol. The number of sulfonamides is 1. The summed E-state index contributed by atoms with van der Waals surface area (Å²) < 4.78 is 73.6. The van der Waals surface area contributed by atoms with E-state index in [4.69, 9.17) is 16.3 Å². The number of rotatable bonds is 6. The summed E-state index contributed by atoms with van der Waals surface area (Å²) in [6.45, 7) is 4.37. The first-order valence-electron chi connectivity index (χ1n) is 11.3. The number of nitrogens with one attached hydrogen (secondary N) is 1. The third-order valence-electron chi connectivity index (χ3n) is 5.92. The zero-order valence-electron chi connectivity index (χ0n) is 19.8. The summed E-state index contributed by atoms with van der Waals surface area (Å²) in [5.74, 6) is 0.0831. The Morgan fingerprint density at radius 1 is 1.16 bits per heavy atom. The standard InChI is InChI=1S/C25H23ClF3N3O4S/c1-15-12-22(31-37(34,35)19-9-10-21(26)20(13-19)25(27,28)29)23(30-14-15)36-18-7-5-17(6-8-18)24(33)32-11-3-4-16(32)2/h5-10,12-14,16,31H,3-4,11H2,1-2H3/t16-/m1/s1. The summed E-state index contributed by atoms with van der Waals surface area (Å²) in [7, 11) is -4.46. The molecule has 1 amide bonds. The third-order valence-corrected chi connectivity index (χ3v) is 7.61. The van der Waals surface area contributed by atoms with Crippen molar-refractivity contribution in [3.05, 3.63) is 76.4 Å². The first-order chi connectivity index (χ1) is 17.3. The minimum Gasteiger partial charge on any atom is -0.437 e. The fraction of sp³-hybridized carbons (Fsp3) is 0.280. The lowest BCUT2D eigenvalue weighted by atomic mass is 10.1. The van der Waals surface area contributed by atoms with Gasteiger partial charge in [-0.3, -0.25) is 9.52 Å². The zero-order chi connectivity index (χ0) is 27.0. The molecule has 1 aliphatic heterocycles. The molecule has 196 valence electrons. The zero-order valence-corrected chi connectivity index (χ0v) is 21.4. The number of likely N-dealkylation sites (tertiary alicyclic amines) is 1. The molecule has 2 aromatic carbocycles. The number of hydrogen-bond acceptors (Lipinski definition) is 5. The predicted molar refractivity (Wildman–Crippen MR) is 132 cm³/mol. The number of carbonyl (C=O) groups excluding carboxylic acids is 1. The summed E-state index contributed by atoms with van der Waals surface area (Å²) >= 11 is 5.61. The van der Waals surface area contributed by atoms with Crippen molar-refractivity contribution in [2.24, 2.45) is 0 Å². The van der Waals surface area contributed by atoms with Crippen LogP contribution in [0.1, 0.15) is 41.3 Å². The topological polar surface area (TPSA) is 88.6 Å². The molecule has 7 nitrogen and oxygen atoms in total. The van der Waals surface area contributed by atoms with Gasteiger partial charge in [0.15, 0.2) is 0 Å². The molecular formula is C25H23ClF3N3O4S. The minimum absolute atomic E-state index is 0.0745. The van der Waals surface area contributed by atoms with Crippen molar-refractivity contribution in [2.45, 2.75) is 43.8 Å². The van der Waals surface area contributed by atoms with Gasteiger partial charge in [0.2, 0.25) is 5.88 Å². The SMILES string of the molecule is Cc1cnc(Oc2ccc(C(=O)N3CCC[C@H]3C)cc2)c(NS(=O)(=O)c2ccc(Cl)c(C(F)(F)F)c2)c1. The Morgan fingerprint density at radius 3 is 2.49 bits per heavy atom. The third kappa shape index (κ3) is 5.99. The van der Waals surface area contributed by atoms with Crippen LogP contribution in [0.3, 0.4) is 0 Å². The van der Waals surface area contributed by atoms with Crippen molar-refractivity contribution in [1.82, 2.24) is 9.88 Å². The molecule has 2 heterocycles. The van der Waals surface area contributed by atoms with Crippen molar-refractivity contribution >= 4 is 33.2 Å². The van der Waals surface area contributed by atoms with Crippen LogP contribution in [0.25, 0.3) is 0 Å². The second kappa shape index (κ2) is 10.2. The van der Waals surface area contributed by atoms with E-state index in [1.54, 1.807) is 31.2 Å². The van der Waals surface area contributed by atoms with Crippen LogP contribution in [-0.2, 0) is 16.2 Å². The van der Waals surface area contributed by atoms with Crippen molar-refractivity contribution in [3.8, 4) is 11.6 Å². The van der Waals surface area contributed by atoms with Crippen molar-refractivity contribution in [2.75, 3.05) is 11.3 Å². The van der Waals surface area contributed by atoms with Crippen LogP contribution in [0, 0.1) is 6.92 Å². The minimum atomic E-state index is -4.83. The molecule has 0 radical (unpaired) electrons. The van der Waals surface area contributed by atoms with Gasteiger partial charge in [-0.2, -0.15) is 13.2 Å². The van der Waals surface area contributed by atoms with Crippen LogP contribution in [0.15, 0.2) is 59.6 Å². The Bertz CT molecular complexity index is 1430. The van der Waals surface area contributed by atoms with Gasteiger partial charge in [0.1, 0.15) is 11.4 Å². The first kappa shape index (κ1) is 26.7. The lowest BCUT2D eigenvalue weighted by Crippen LogP contribution is -2.33. The van der Waals surface area contributed by atoms with Gasteiger partial charge in [0.05, 0.1) is 15.5 Å². The molecule has 3 aromatic rings. The molecule has 1 aliphatic rings. The van der Waals surface area contributed by atoms with Gasteiger partial charge in [0, 0.05) is 24.3 Å². The van der Waals surface area contributed by atoms with Crippen molar-refractivity contribution in [1.29, 1.82) is 0 Å². The molecule has 12 heteroatoms. The highest BCUT2D eigenvalue weighted by Gasteiger charge is 2.34. The molecule has 0 spiro atoms.